The second-order valence-corrected chi connectivity index (χ2v) is 3.11. The van der Waals surface area contributed by atoms with Gasteiger partial charge in [-0.3, -0.25) is 4.79 Å². The van der Waals surface area contributed by atoms with Gasteiger partial charge in [0.15, 0.2) is 0 Å². The van der Waals surface area contributed by atoms with Crippen LogP contribution in [-0.4, -0.2) is 20.1 Å². The second-order valence-electron chi connectivity index (χ2n) is 1.46. The van der Waals surface area contributed by atoms with Gasteiger partial charge >= 0.3 is 5.76 Å². The Kier molecular flexibility index (Phi) is 2.70. The lowest BCUT2D eigenvalue weighted by Crippen LogP contribution is -2.32. The van der Waals surface area contributed by atoms with Gasteiger partial charge in [0.05, 0.1) is 0 Å². The van der Waals surface area contributed by atoms with Crippen molar-refractivity contribution in [3.63, 3.8) is 0 Å². The monoisotopic (exact) mass is 173 g/mol. The van der Waals surface area contributed by atoms with Crippen molar-refractivity contribution in [3.05, 3.63) is 0 Å². The van der Waals surface area contributed by atoms with E-state index in [4.69, 9.17) is 0 Å². The lowest BCUT2D eigenvalue weighted by molar-refractivity contribution is -0.117. The first-order chi connectivity index (χ1) is 4.36. The average Bonchev–Trinajstić information content (AvgIpc) is 1.60. The van der Waals surface area contributed by atoms with E-state index in [2.05, 4.69) is 0 Å². The number of amides is 1. The van der Waals surface area contributed by atoms with Crippen LogP contribution in [0.25, 0.3) is 0 Å². The van der Waals surface area contributed by atoms with Crippen LogP contribution in [0.2, 0.25) is 0 Å². The van der Waals surface area contributed by atoms with Gasteiger partial charge in [0.2, 0.25) is 5.91 Å². The molecule has 0 aromatic rings. The molecule has 10 heavy (non-hydrogen) atoms. The second kappa shape index (κ2) is 2.91. The number of rotatable bonds is 2. The fraction of sp³-hybridized carbons (Fsp3) is 0.667. The van der Waals surface area contributed by atoms with Crippen molar-refractivity contribution < 1.29 is 22.0 Å². The Hall–Kier alpha value is -0.720. The van der Waals surface area contributed by atoms with Crippen LogP contribution in [0.1, 0.15) is 6.92 Å². The number of nitrogens with one attached hydrogen (secondary N) is 1. The fourth-order valence-electron chi connectivity index (χ4n) is 0.245. The normalized spacial score (nSPS) is 11.6. The summed E-state index contributed by atoms with van der Waals surface area (Å²) >= 11 is 0. The number of carbonyl (C=O) groups excluding carboxylic acids is 1. The van der Waals surface area contributed by atoms with Gasteiger partial charge in [-0.1, -0.05) is 0 Å². The molecule has 7 heteroatoms. The van der Waals surface area contributed by atoms with Gasteiger partial charge in [0, 0.05) is 6.92 Å². The summed E-state index contributed by atoms with van der Waals surface area (Å²) in [6.45, 7) is 0.833. The molecule has 0 radical (unpaired) electrons. The summed E-state index contributed by atoms with van der Waals surface area (Å²) in [7, 11) is -4.73. The van der Waals surface area contributed by atoms with Crippen molar-refractivity contribution in [2.75, 3.05) is 0 Å². The van der Waals surface area contributed by atoms with E-state index in [9.17, 15) is 22.0 Å². The molecule has 0 aromatic carbocycles. The zero-order valence-corrected chi connectivity index (χ0v) is 5.78. The van der Waals surface area contributed by atoms with Gasteiger partial charge < -0.3 is 0 Å². The summed E-state index contributed by atoms with van der Waals surface area (Å²) in [5.41, 5.74) is 0. The Labute approximate surface area is 56.3 Å². The lowest BCUT2D eigenvalue weighted by atomic mass is 10.8. The molecule has 0 spiro atoms. The molecular weight excluding hydrogens is 168 g/mol. The van der Waals surface area contributed by atoms with Crippen LogP contribution >= 0.6 is 0 Å². The number of hydrogen-bond acceptors (Lipinski definition) is 3. The van der Waals surface area contributed by atoms with Gasteiger partial charge in [-0.05, 0) is 0 Å². The minimum Gasteiger partial charge on any atom is -0.274 e. The minimum absolute atomic E-state index is 0.833. The average molecular weight is 173 g/mol. The van der Waals surface area contributed by atoms with Crippen LogP contribution in [0.4, 0.5) is 8.78 Å². The van der Waals surface area contributed by atoms with Crippen LogP contribution < -0.4 is 4.72 Å². The van der Waals surface area contributed by atoms with Crippen molar-refractivity contribution in [3.8, 4) is 0 Å². The van der Waals surface area contributed by atoms with Crippen LogP contribution in [-0.2, 0) is 14.8 Å². The molecule has 0 aliphatic heterocycles. The van der Waals surface area contributed by atoms with E-state index in [0.29, 0.717) is 0 Å². The van der Waals surface area contributed by atoms with Crippen LogP contribution in [0.15, 0.2) is 0 Å². The maximum absolute atomic E-state index is 11.4. The minimum atomic E-state index is -4.73. The lowest BCUT2D eigenvalue weighted by Gasteiger charge is -2.00. The fourth-order valence-corrected chi connectivity index (χ4v) is 0.735. The number of hydrogen-bond donors (Lipinski definition) is 1. The third kappa shape index (κ3) is 2.72. The quantitative estimate of drug-likeness (QED) is 0.622. The van der Waals surface area contributed by atoms with Crippen molar-refractivity contribution >= 4 is 15.9 Å². The topological polar surface area (TPSA) is 63.2 Å². The summed E-state index contributed by atoms with van der Waals surface area (Å²) in [5, 5.41) is 0. The molecule has 0 bridgehead atoms. The Morgan fingerprint density at radius 3 is 2.00 bits per heavy atom. The van der Waals surface area contributed by atoms with E-state index < -0.39 is 21.7 Å². The van der Waals surface area contributed by atoms with Gasteiger partial charge in [0.25, 0.3) is 10.0 Å². The zero-order chi connectivity index (χ0) is 8.36. The molecule has 0 saturated heterocycles. The molecular formula is C3H5F2NO3S. The molecule has 0 aromatic heterocycles. The van der Waals surface area contributed by atoms with Gasteiger partial charge in [0.1, 0.15) is 0 Å². The first kappa shape index (κ1) is 9.28. The summed E-state index contributed by atoms with van der Waals surface area (Å²) in [6.07, 6.45) is 0. The largest absolute Gasteiger partial charge is 0.355 e. The maximum atomic E-state index is 11.4. The summed E-state index contributed by atoms with van der Waals surface area (Å²) in [4.78, 5) is 9.94. The van der Waals surface area contributed by atoms with Gasteiger partial charge in [-0.2, -0.15) is 8.78 Å². The predicted molar refractivity (Wildman–Crippen MR) is 28.7 cm³/mol. The Balaban J connectivity index is 4.31. The first-order valence-corrected chi connectivity index (χ1v) is 3.71. The molecule has 60 valence electrons. The SMILES string of the molecule is CC(=O)NS(=O)(=O)C(F)F. The van der Waals surface area contributed by atoms with E-state index in [-0.39, 0.29) is 0 Å². The van der Waals surface area contributed by atoms with E-state index in [1.165, 1.54) is 0 Å². The maximum Gasteiger partial charge on any atom is 0.355 e. The van der Waals surface area contributed by atoms with Crippen LogP contribution in [0, 0.1) is 0 Å². The Bertz CT molecular complexity index is 222. The summed E-state index contributed by atoms with van der Waals surface area (Å²) in [5.74, 6) is -4.59. The van der Waals surface area contributed by atoms with E-state index in [1.807, 2.05) is 0 Å². The van der Waals surface area contributed by atoms with Gasteiger partial charge in [-0.25, -0.2) is 13.1 Å². The van der Waals surface area contributed by atoms with Crippen molar-refractivity contribution in [1.29, 1.82) is 0 Å². The van der Waals surface area contributed by atoms with Crippen molar-refractivity contribution in [2.24, 2.45) is 0 Å². The van der Waals surface area contributed by atoms with E-state index in [0.717, 1.165) is 11.6 Å². The van der Waals surface area contributed by atoms with Crippen LogP contribution in [0.3, 0.4) is 0 Å². The zero-order valence-electron chi connectivity index (χ0n) is 4.97. The van der Waals surface area contributed by atoms with Crippen molar-refractivity contribution in [2.45, 2.75) is 12.7 Å². The predicted octanol–water partition coefficient (Wildman–Crippen LogP) is -0.325. The highest BCUT2D eigenvalue weighted by molar-refractivity contribution is 7.90. The van der Waals surface area contributed by atoms with E-state index in [1.54, 1.807) is 0 Å². The molecule has 0 unspecified atom stereocenters. The molecule has 0 atom stereocenters. The molecule has 1 amide bonds. The third-order valence-corrected chi connectivity index (χ3v) is 1.56. The number of carbonyl (C=O) groups is 1. The Morgan fingerprint density at radius 2 is 1.90 bits per heavy atom. The molecule has 4 nitrogen and oxygen atoms in total. The standard InChI is InChI=1S/C3H5F2NO3S/c1-2(7)6-10(8,9)3(4)5/h3H,1H3,(H,6,7). The molecule has 0 aliphatic carbocycles. The Morgan fingerprint density at radius 1 is 1.50 bits per heavy atom. The molecule has 0 fully saturated rings. The first-order valence-electron chi connectivity index (χ1n) is 2.16. The molecule has 0 rings (SSSR count). The van der Waals surface area contributed by atoms with Gasteiger partial charge in [-0.15, -0.1) is 0 Å². The smallest absolute Gasteiger partial charge is 0.274 e. The highest BCUT2D eigenvalue weighted by atomic mass is 32.2. The molecule has 0 aliphatic rings. The highest BCUT2D eigenvalue weighted by Gasteiger charge is 2.24. The van der Waals surface area contributed by atoms with Crippen molar-refractivity contribution in [1.82, 2.24) is 4.72 Å². The van der Waals surface area contributed by atoms with E-state index >= 15 is 0 Å². The summed E-state index contributed by atoms with van der Waals surface area (Å²) in [6, 6.07) is 0. The summed E-state index contributed by atoms with van der Waals surface area (Å²) < 4.78 is 44.0. The third-order valence-electron chi connectivity index (χ3n) is 0.521. The number of sulfonamides is 1. The number of alkyl halides is 2. The molecule has 0 saturated carbocycles. The van der Waals surface area contributed by atoms with Crippen LogP contribution in [0.5, 0.6) is 0 Å². The molecule has 0 heterocycles. The number of halogens is 2. The highest BCUT2D eigenvalue weighted by Crippen LogP contribution is 2.00. The molecule has 1 N–H and O–H groups in total.